The van der Waals surface area contributed by atoms with Gasteiger partial charge in [0.25, 0.3) is 0 Å². The van der Waals surface area contributed by atoms with E-state index in [0.29, 0.717) is 11.7 Å². The highest BCUT2D eigenvalue weighted by molar-refractivity contribution is 5.90. The fourth-order valence-corrected chi connectivity index (χ4v) is 4.39. The van der Waals surface area contributed by atoms with Crippen molar-refractivity contribution in [1.29, 1.82) is 0 Å². The third-order valence-electron chi connectivity index (χ3n) is 5.65. The molecule has 19 heavy (non-hydrogen) atoms. The molecule has 2 N–H and O–H groups in total. The molecule has 3 aliphatic rings. The van der Waals surface area contributed by atoms with E-state index in [9.17, 15) is 4.79 Å². The van der Waals surface area contributed by atoms with Crippen LogP contribution in [0.15, 0.2) is 0 Å². The zero-order valence-corrected chi connectivity index (χ0v) is 12.1. The zero-order chi connectivity index (χ0) is 13.5. The lowest BCUT2D eigenvalue weighted by molar-refractivity contribution is -0.159. The summed E-state index contributed by atoms with van der Waals surface area (Å²) >= 11 is 0. The van der Waals surface area contributed by atoms with Crippen molar-refractivity contribution in [2.75, 3.05) is 6.61 Å². The van der Waals surface area contributed by atoms with Gasteiger partial charge in [-0.1, -0.05) is 19.8 Å². The largest absolute Gasteiger partial charge is 0.375 e. The van der Waals surface area contributed by atoms with Crippen molar-refractivity contribution in [3.05, 3.63) is 0 Å². The molecule has 3 heteroatoms. The highest BCUT2D eigenvalue weighted by atomic mass is 16.5. The summed E-state index contributed by atoms with van der Waals surface area (Å²) in [5.41, 5.74) is 6.00. The Morgan fingerprint density at radius 2 is 1.95 bits per heavy atom. The minimum Gasteiger partial charge on any atom is -0.375 e. The Kier molecular flexibility index (Phi) is 3.46. The van der Waals surface area contributed by atoms with E-state index < -0.39 is 5.54 Å². The van der Waals surface area contributed by atoms with Gasteiger partial charge in [0.05, 0.1) is 11.1 Å². The summed E-state index contributed by atoms with van der Waals surface area (Å²) in [5.74, 6) is 1.10. The van der Waals surface area contributed by atoms with Crippen LogP contribution in [0, 0.1) is 11.8 Å². The number of rotatable bonds is 2. The first-order valence-corrected chi connectivity index (χ1v) is 8.00. The molecule has 0 aromatic rings. The van der Waals surface area contributed by atoms with Gasteiger partial charge in [-0.15, -0.1) is 0 Å². The number of Topliss-reactive ketones (excluding diaryl/α,β-unsaturated/α-hetero) is 1. The molecule has 1 spiro atoms. The molecule has 108 valence electrons. The minimum absolute atomic E-state index is 0.0508. The van der Waals surface area contributed by atoms with Gasteiger partial charge in [0, 0.05) is 12.5 Å². The zero-order valence-electron chi connectivity index (χ0n) is 12.1. The molecule has 3 nitrogen and oxygen atoms in total. The molecule has 1 aliphatic heterocycles. The molecule has 0 bridgehead atoms. The van der Waals surface area contributed by atoms with Crippen molar-refractivity contribution in [3.8, 4) is 0 Å². The lowest BCUT2D eigenvalue weighted by Crippen LogP contribution is -2.56. The van der Waals surface area contributed by atoms with Gasteiger partial charge in [0.1, 0.15) is 0 Å². The molecule has 0 radical (unpaired) electrons. The lowest BCUT2D eigenvalue weighted by Gasteiger charge is -2.48. The molecular formula is C16H27NO2. The van der Waals surface area contributed by atoms with Crippen LogP contribution in [0.2, 0.25) is 0 Å². The second-order valence-corrected chi connectivity index (χ2v) is 7.30. The molecule has 2 aliphatic carbocycles. The summed E-state index contributed by atoms with van der Waals surface area (Å²) in [6.07, 6.45) is 9.47. The third kappa shape index (κ3) is 2.47. The normalized spacial score (nSPS) is 41.8. The van der Waals surface area contributed by atoms with E-state index in [2.05, 4.69) is 6.92 Å². The van der Waals surface area contributed by atoms with Crippen molar-refractivity contribution in [2.45, 2.75) is 75.9 Å². The lowest BCUT2D eigenvalue weighted by atomic mass is 9.66. The van der Waals surface area contributed by atoms with Gasteiger partial charge < -0.3 is 10.5 Å². The van der Waals surface area contributed by atoms with Crippen molar-refractivity contribution in [1.82, 2.24) is 0 Å². The van der Waals surface area contributed by atoms with Crippen molar-refractivity contribution in [2.24, 2.45) is 17.6 Å². The van der Waals surface area contributed by atoms with E-state index in [0.717, 1.165) is 51.6 Å². The van der Waals surface area contributed by atoms with Gasteiger partial charge in [0.2, 0.25) is 0 Å². The number of hydrogen-bond acceptors (Lipinski definition) is 3. The number of carbonyl (C=O) groups is 1. The molecule has 1 heterocycles. The monoisotopic (exact) mass is 265 g/mol. The third-order valence-corrected chi connectivity index (χ3v) is 5.65. The number of nitrogens with two attached hydrogens (primary N) is 1. The fourth-order valence-electron chi connectivity index (χ4n) is 4.39. The quantitative estimate of drug-likeness (QED) is 0.835. The first-order valence-electron chi connectivity index (χ1n) is 8.00. The first kappa shape index (κ1) is 13.6. The van der Waals surface area contributed by atoms with E-state index in [1.54, 1.807) is 0 Å². The highest BCUT2D eigenvalue weighted by Crippen LogP contribution is 2.46. The summed E-state index contributed by atoms with van der Waals surface area (Å²) in [4.78, 5) is 12.9. The Morgan fingerprint density at radius 1 is 1.16 bits per heavy atom. The van der Waals surface area contributed by atoms with Crippen LogP contribution in [0.4, 0.5) is 0 Å². The molecular weight excluding hydrogens is 238 g/mol. The summed E-state index contributed by atoms with van der Waals surface area (Å²) in [6.45, 7) is 2.98. The molecule has 2 saturated carbocycles. The Bertz CT molecular complexity index is 364. The highest BCUT2D eigenvalue weighted by Gasteiger charge is 2.48. The Balaban J connectivity index is 1.68. The molecule has 3 fully saturated rings. The van der Waals surface area contributed by atoms with E-state index in [4.69, 9.17) is 10.5 Å². The van der Waals surface area contributed by atoms with Crippen LogP contribution in [0.5, 0.6) is 0 Å². The van der Waals surface area contributed by atoms with Gasteiger partial charge in [-0.25, -0.2) is 0 Å². The Morgan fingerprint density at radius 3 is 2.58 bits per heavy atom. The number of ketones is 1. The summed E-state index contributed by atoms with van der Waals surface area (Å²) in [5, 5.41) is 0. The number of carbonyl (C=O) groups excluding carboxylic acids is 1. The van der Waals surface area contributed by atoms with Gasteiger partial charge in [-0.3, -0.25) is 4.79 Å². The van der Waals surface area contributed by atoms with Crippen LogP contribution in [-0.4, -0.2) is 23.5 Å². The van der Waals surface area contributed by atoms with Crippen molar-refractivity contribution >= 4 is 5.78 Å². The van der Waals surface area contributed by atoms with Crippen LogP contribution < -0.4 is 5.73 Å². The topological polar surface area (TPSA) is 52.3 Å². The van der Waals surface area contributed by atoms with Crippen LogP contribution in [0.3, 0.4) is 0 Å². The summed E-state index contributed by atoms with van der Waals surface area (Å²) < 4.78 is 5.93. The second kappa shape index (κ2) is 4.85. The number of ether oxygens (including phenoxy) is 1. The van der Waals surface area contributed by atoms with Gasteiger partial charge in [-0.2, -0.15) is 0 Å². The maximum atomic E-state index is 12.9. The van der Waals surface area contributed by atoms with Gasteiger partial charge >= 0.3 is 0 Å². The van der Waals surface area contributed by atoms with Crippen LogP contribution in [-0.2, 0) is 9.53 Å². The van der Waals surface area contributed by atoms with Crippen LogP contribution in [0.1, 0.15) is 64.7 Å². The standard InChI is InChI=1S/C16H27NO2/c1-12-4-2-8-16(17,10-12)14(18)13-5-9-19-15(11-13)6-3-7-15/h12-13H,2-11,17H2,1H3. The SMILES string of the molecule is CC1CCCC(N)(C(=O)C2CCOC3(CCC3)C2)C1. The molecule has 0 aromatic carbocycles. The molecule has 0 aromatic heterocycles. The molecule has 3 rings (SSSR count). The predicted octanol–water partition coefficient (Wildman–Crippen LogP) is 2.81. The van der Waals surface area contributed by atoms with E-state index in [-0.39, 0.29) is 11.5 Å². The Labute approximate surface area is 116 Å². The average molecular weight is 265 g/mol. The number of hydrogen-bond donors (Lipinski definition) is 1. The average Bonchev–Trinajstić information content (AvgIpc) is 2.36. The van der Waals surface area contributed by atoms with Gasteiger partial charge in [-0.05, 0) is 50.9 Å². The maximum absolute atomic E-state index is 12.9. The molecule has 3 atom stereocenters. The predicted molar refractivity (Wildman–Crippen MR) is 74.8 cm³/mol. The smallest absolute Gasteiger partial charge is 0.155 e. The summed E-state index contributed by atoms with van der Waals surface area (Å²) in [7, 11) is 0. The van der Waals surface area contributed by atoms with Crippen LogP contribution >= 0.6 is 0 Å². The molecule has 0 amide bonds. The Hall–Kier alpha value is -0.410. The summed E-state index contributed by atoms with van der Waals surface area (Å²) in [6, 6.07) is 0. The fraction of sp³-hybridized carbons (Fsp3) is 0.938. The molecule has 1 saturated heterocycles. The van der Waals surface area contributed by atoms with E-state index in [1.165, 1.54) is 12.8 Å². The maximum Gasteiger partial charge on any atom is 0.155 e. The van der Waals surface area contributed by atoms with Crippen LogP contribution in [0.25, 0.3) is 0 Å². The van der Waals surface area contributed by atoms with E-state index in [1.807, 2.05) is 0 Å². The van der Waals surface area contributed by atoms with E-state index >= 15 is 0 Å². The van der Waals surface area contributed by atoms with Gasteiger partial charge in [0.15, 0.2) is 5.78 Å². The first-order chi connectivity index (χ1) is 9.03. The molecule has 3 unspecified atom stereocenters. The second-order valence-electron chi connectivity index (χ2n) is 7.30. The van der Waals surface area contributed by atoms with Crippen molar-refractivity contribution < 1.29 is 9.53 Å². The minimum atomic E-state index is -0.537. The van der Waals surface area contributed by atoms with Crippen molar-refractivity contribution in [3.63, 3.8) is 0 Å².